The number of nitrogens with one attached hydrogen (secondary N) is 1. The Bertz CT molecular complexity index is 1140. The molecule has 190 valence electrons. The largest absolute Gasteiger partial charge is 0.484 e. The van der Waals surface area contributed by atoms with Crippen LogP contribution in [0.5, 0.6) is 5.75 Å². The van der Waals surface area contributed by atoms with Gasteiger partial charge in [-0.15, -0.1) is 0 Å². The van der Waals surface area contributed by atoms with Crippen molar-refractivity contribution in [3.8, 4) is 5.75 Å². The SMILES string of the molecule is CCCNC(=O)C(Cc1ccccc1)N(Cc1ccc(Cl)cc1Cl)C(=O)COc1ccc(CC)cc1. The standard InChI is InChI=1S/C29H32Cl2N2O3/c1-3-16-32-29(35)27(17-22-8-6-5-7-9-22)33(19-23-12-13-24(30)18-26(23)31)28(34)20-36-25-14-10-21(4-2)11-15-25/h5-15,18,27H,3-4,16-17,19-20H2,1-2H3,(H,32,35). The van der Waals surface area contributed by atoms with E-state index in [1.807, 2.05) is 61.5 Å². The Hall–Kier alpha value is -3.02. The molecule has 0 aliphatic carbocycles. The van der Waals surface area contributed by atoms with Gasteiger partial charge in [0, 0.05) is 29.6 Å². The van der Waals surface area contributed by atoms with Gasteiger partial charge in [-0.25, -0.2) is 0 Å². The van der Waals surface area contributed by atoms with Crippen molar-refractivity contribution in [2.45, 2.75) is 45.7 Å². The maximum absolute atomic E-state index is 13.6. The van der Waals surface area contributed by atoms with Crippen molar-refractivity contribution in [3.05, 3.63) is 99.5 Å². The number of halogens is 2. The van der Waals surface area contributed by atoms with E-state index in [0.29, 0.717) is 34.3 Å². The molecule has 3 aromatic rings. The molecule has 1 N–H and O–H groups in total. The fourth-order valence-electron chi connectivity index (χ4n) is 3.80. The van der Waals surface area contributed by atoms with Crippen molar-refractivity contribution in [1.82, 2.24) is 10.2 Å². The van der Waals surface area contributed by atoms with Gasteiger partial charge in [-0.05, 0) is 53.8 Å². The molecule has 1 atom stereocenters. The first-order chi connectivity index (χ1) is 17.4. The van der Waals surface area contributed by atoms with Crippen molar-refractivity contribution in [2.24, 2.45) is 0 Å². The van der Waals surface area contributed by atoms with E-state index >= 15 is 0 Å². The van der Waals surface area contributed by atoms with Gasteiger partial charge in [0.15, 0.2) is 6.61 Å². The van der Waals surface area contributed by atoms with Crippen LogP contribution in [0, 0.1) is 0 Å². The highest BCUT2D eigenvalue weighted by Gasteiger charge is 2.31. The van der Waals surface area contributed by atoms with Gasteiger partial charge in [-0.1, -0.05) is 85.6 Å². The molecule has 5 nitrogen and oxygen atoms in total. The van der Waals surface area contributed by atoms with E-state index in [1.54, 1.807) is 23.1 Å². The molecule has 0 aliphatic rings. The van der Waals surface area contributed by atoms with Crippen LogP contribution in [0.4, 0.5) is 0 Å². The van der Waals surface area contributed by atoms with E-state index in [4.69, 9.17) is 27.9 Å². The Morgan fingerprint density at radius 3 is 2.31 bits per heavy atom. The summed E-state index contributed by atoms with van der Waals surface area (Å²) in [7, 11) is 0. The fourth-order valence-corrected chi connectivity index (χ4v) is 4.27. The lowest BCUT2D eigenvalue weighted by molar-refractivity contribution is -0.142. The zero-order valence-electron chi connectivity index (χ0n) is 20.7. The number of ether oxygens (including phenoxy) is 1. The molecule has 0 radical (unpaired) electrons. The third-order valence-corrected chi connectivity index (χ3v) is 6.46. The molecule has 0 saturated carbocycles. The molecule has 0 heterocycles. The summed E-state index contributed by atoms with van der Waals surface area (Å²) in [5.41, 5.74) is 2.83. The normalized spacial score (nSPS) is 11.6. The smallest absolute Gasteiger partial charge is 0.261 e. The van der Waals surface area contributed by atoms with Crippen molar-refractivity contribution < 1.29 is 14.3 Å². The summed E-state index contributed by atoms with van der Waals surface area (Å²) in [6.45, 7) is 4.53. The van der Waals surface area contributed by atoms with Crippen molar-refractivity contribution in [1.29, 1.82) is 0 Å². The number of amides is 2. The van der Waals surface area contributed by atoms with Crippen LogP contribution < -0.4 is 10.1 Å². The van der Waals surface area contributed by atoms with E-state index in [-0.39, 0.29) is 25.0 Å². The van der Waals surface area contributed by atoms with Crippen LogP contribution in [-0.2, 0) is 29.0 Å². The van der Waals surface area contributed by atoms with Crippen LogP contribution in [0.1, 0.15) is 37.0 Å². The topological polar surface area (TPSA) is 58.6 Å². The molecule has 3 rings (SSSR count). The first kappa shape index (κ1) is 27.6. The van der Waals surface area contributed by atoms with E-state index < -0.39 is 6.04 Å². The molecule has 36 heavy (non-hydrogen) atoms. The Kier molecular flexibility index (Phi) is 10.6. The minimum absolute atomic E-state index is 0.143. The Balaban J connectivity index is 1.90. The van der Waals surface area contributed by atoms with Crippen LogP contribution >= 0.6 is 23.2 Å². The third-order valence-electron chi connectivity index (χ3n) is 5.87. The third kappa shape index (κ3) is 8.00. The summed E-state index contributed by atoms with van der Waals surface area (Å²) in [4.78, 5) is 28.5. The highest BCUT2D eigenvalue weighted by Crippen LogP contribution is 2.24. The maximum atomic E-state index is 13.6. The molecule has 0 fully saturated rings. The zero-order valence-corrected chi connectivity index (χ0v) is 22.2. The number of benzene rings is 3. The summed E-state index contributed by atoms with van der Waals surface area (Å²) in [5, 5.41) is 3.89. The molecule has 2 amide bonds. The second-order valence-corrected chi connectivity index (χ2v) is 9.38. The number of hydrogen-bond donors (Lipinski definition) is 1. The quantitative estimate of drug-likeness (QED) is 0.310. The molecular weight excluding hydrogens is 495 g/mol. The second kappa shape index (κ2) is 13.9. The first-order valence-corrected chi connectivity index (χ1v) is 12.9. The van der Waals surface area contributed by atoms with Gasteiger partial charge in [0.2, 0.25) is 5.91 Å². The van der Waals surface area contributed by atoms with Crippen LogP contribution in [0.2, 0.25) is 10.0 Å². The lowest BCUT2D eigenvalue weighted by Crippen LogP contribution is -2.51. The van der Waals surface area contributed by atoms with E-state index in [0.717, 1.165) is 18.4 Å². The molecular formula is C29H32Cl2N2O3. The lowest BCUT2D eigenvalue weighted by atomic mass is 10.0. The molecule has 3 aromatic carbocycles. The maximum Gasteiger partial charge on any atom is 0.261 e. The highest BCUT2D eigenvalue weighted by atomic mass is 35.5. The molecule has 0 aliphatic heterocycles. The van der Waals surface area contributed by atoms with E-state index in [1.165, 1.54) is 5.56 Å². The molecule has 1 unspecified atom stereocenters. The summed E-state index contributed by atoms with van der Waals surface area (Å²) < 4.78 is 5.82. The van der Waals surface area contributed by atoms with Gasteiger partial charge < -0.3 is 15.0 Å². The number of hydrogen-bond acceptors (Lipinski definition) is 3. The van der Waals surface area contributed by atoms with Crippen molar-refractivity contribution in [2.75, 3.05) is 13.2 Å². The molecule has 7 heteroatoms. The summed E-state index contributed by atoms with van der Waals surface area (Å²) in [6.07, 6.45) is 2.07. The zero-order chi connectivity index (χ0) is 25.9. The fraction of sp³-hybridized carbons (Fsp3) is 0.310. The van der Waals surface area contributed by atoms with E-state index in [9.17, 15) is 9.59 Å². The van der Waals surface area contributed by atoms with Crippen LogP contribution in [0.25, 0.3) is 0 Å². The number of carbonyl (C=O) groups excluding carboxylic acids is 2. The summed E-state index contributed by atoms with van der Waals surface area (Å²) in [5.74, 6) is 0.0691. The number of nitrogens with zero attached hydrogens (tertiary/aromatic N) is 1. The average molecular weight is 527 g/mol. The van der Waals surface area contributed by atoms with Crippen LogP contribution in [0.15, 0.2) is 72.8 Å². The predicted molar refractivity (Wildman–Crippen MR) is 146 cm³/mol. The Morgan fingerprint density at radius 1 is 0.944 bits per heavy atom. The van der Waals surface area contributed by atoms with Crippen molar-refractivity contribution >= 4 is 35.0 Å². The van der Waals surface area contributed by atoms with Gasteiger partial charge in [0.1, 0.15) is 11.8 Å². The number of rotatable bonds is 12. The predicted octanol–water partition coefficient (Wildman–Crippen LogP) is 6.10. The van der Waals surface area contributed by atoms with Crippen LogP contribution in [-0.4, -0.2) is 35.9 Å². The molecule has 0 bridgehead atoms. The first-order valence-electron chi connectivity index (χ1n) is 12.2. The van der Waals surface area contributed by atoms with Crippen LogP contribution in [0.3, 0.4) is 0 Å². The van der Waals surface area contributed by atoms with Crippen molar-refractivity contribution in [3.63, 3.8) is 0 Å². The van der Waals surface area contributed by atoms with Gasteiger partial charge in [0.25, 0.3) is 5.91 Å². The second-order valence-electron chi connectivity index (χ2n) is 8.54. The van der Waals surface area contributed by atoms with Gasteiger partial charge >= 0.3 is 0 Å². The average Bonchev–Trinajstić information content (AvgIpc) is 2.89. The van der Waals surface area contributed by atoms with Gasteiger partial charge in [0.05, 0.1) is 0 Å². The summed E-state index contributed by atoms with van der Waals surface area (Å²) in [6, 6.07) is 21.7. The Labute approximate surface area is 223 Å². The monoisotopic (exact) mass is 526 g/mol. The number of aryl methyl sites for hydroxylation is 1. The molecule has 0 aromatic heterocycles. The minimum Gasteiger partial charge on any atom is -0.484 e. The summed E-state index contributed by atoms with van der Waals surface area (Å²) >= 11 is 12.5. The highest BCUT2D eigenvalue weighted by molar-refractivity contribution is 6.35. The van der Waals surface area contributed by atoms with Gasteiger partial charge in [-0.3, -0.25) is 9.59 Å². The lowest BCUT2D eigenvalue weighted by Gasteiger charge is -2.31. The number of carbonyl (C=O) groups is 2. The van der Waals surface area contributed by atoms with Gasteiger partial charge in [-0.2, -0.15) is 0 Å². The van der Waals surface area contributed by atoms with E-state index in [2.05, 4.69) is 12.2 Å². The Morgan fingerprint density at radius 2 is 1.67 bits per heavy atom. The minimum atomic E-state index is -0.746. The molecule has 0 saturated heterocycles. The molecule has 0 spiro atoms.